The molecule has 0 radical (unpaired) electrons. The van der Waals surface area contributed by atoms with Gasteiger partial charge in [-0.1, -0.05) is 42.1 Å². The molecule has 0 saturated heterocycles. The average Bonchev–Trinajstić information content (AvgIpc) is 2.52. The van der Waals surface area contributed by atoms with E-state index >= 15 is 0 Å². The highest BCUT2D eigenvalue weighted by atomic mass is 32.2. The Morgan fingerprint density at radius 1 is 0.955 bits per heavy atom. The van der Waals surface area contributed by atoms with Gasteiger partial charge >= 0.3 is 0 Å². The summed E-state index contributed by atoms with van der Waals surface area (Å²) in [5.41, 5.74) is 0.694. The molecule has 3 rings (SSSR count). The van der Waals surface area contributed by atoms with Gasteiger partial charge in [-0.25, -0.2) is 0 Å². The summed E-state index contributed by atoms with van der Waals surface area (Å²) in [6.07, 6.45) is 1.29. The van der Waals surface area contributed by atoms with E-state index in [-0.39, 0.29) is 22.2 Å². The van der Waals surface area contributed by atoms with Crippen LogP contribution in [0.3, 0.4) is 0 Å². The molecule has 2 aromatic rings. The van der Waals surface area contributed by atoms with E-state index in [0.29, 0.717) is 16.0 Å². The maximum Gasteiger partial charge on any atom is 0.270 e. The Balaban J connectivity index is 1.94. The van der Waals surface area contributed by atoms with Gasteiger partial charge in [0.2, 0.25) is 5.78 Å². The minimum Gasteiger partial charge on any atom is -0.289 e. The number of nitro benzene ring substituents is 1. The number of nitro groups is 1. The molecule has 0 saturated carbocycles. The van der Waals surface area contributed by atoms with Crippen molar-refractivity contribution in [3.8, 4) is 0 Å². The lowest BCUT2D eigenvalue weighted by Crippen LogP contribution is -2.15. The average molecular weight is 311 g/mol. The maximum atomic E-state index is 12.4. The van der Waals surface area contributed by atoms with Gasteiger partial charge in [-0.15, -0.1) is 0 Å². The molecular formula is C16H9NO4S. The van der Waals surface area contributed by atoms with Gasteiger partial charge < -0.3 is 0 Å². The molecule has 1 aliphatic carbocycles. The molecule has 0 bridgehead atoms. The van der Waals surface area contributed by atoms with E-state index in [1.165, 1.54) is 18.2 Å². The van der Waals surface area contributed by atoms with Crippen molar-refractivity contribution in [2.75, 3.05) is 0 Å². The van der Waals surface area contributed by atoms with Gasteiger partial charge in [0.1, 0.15) is 0 Å². The molecule has 0 amide bonds. The molecule has 5 nitrogen and oxygen atoms in total. The van der Waals surface area contributed by atoms with Crippen LogP contribution in [0.5, 0.6) is 0 Å². The van der Waals surface area contributed by atoms with Crippen molar-refractivity contribution in [2.45, 2.75) is 4.90 Å². The van der Waals surface area contributed by atoms with Crippen LogP contribution in [0.1, 0.15) is 20.7 Å². The fourth-order valence-electron chi connectivity index (χ4n) is 2.15. The topological polar surface area (TPSA) is 77.3 Å². The largest absolute Gasteiger partial charge is 0.289 e. The molecular weight excluding hydrogens is 302 g/mol. The number of fused-ring (bicyclic) bond motifs is 1. The number of thioether (sulfide) groups is 1. The molecule has 0 N–H and O–H groups in total. The smallest absolute Gasteiger partial charge is 0.270 e. The summed E-state index contributed by atoms with van der Waals surface area (Å²) in [5, 5.41) is 10.8. The number of carbonyl (C=O) groups excluding carboxylic acids is 2. The highest BCUT2D eigenvalue weighted by Gasteiger charge is 2.25. The van der Waals surface area contributed by atoms with Crippen molar-refractivity contribution in [3.63, 3.8) is 0 Å². The number of allylic oxidation sites excluding steroid dienone is 2. The molecule has 0 aliphatic heterocycles. The lowest BCUT2D eigenvalue weighted by molar-refractivity contribution is -0.385. The Morgan fingerprint density at radius 2 is 1.68 bits per heavy atom. The van der Waals surface area contributed by atoms with Gasteiger partial charge in [0.05, 0.1) is 9.83 Å². The summed E-state index contributed by atoms with van der Waals surface area (Å²) >= 11 is 1.06. The predicted octanol–water partition coefficient (Wildman–Crippen LogP) is 3.65. The third-order valence-corrected chi connectivity index (χ3v) is 4.19. The molecule has 0 atom stereocenters. The molecule has 0 heterocycles. The Hall–Kier alpha value is -2.73. The Morgan fingerprint density at radius 3 is 2.41 bits per heavy atom. The van der Waals surface area contributed by atoms with Crippen LogP contribution in [0, 0.1) is 10.1 Å². The van der Waals surface area contributed by atoms with Crippen LogP contribution in [-0.4, -0.2) is 16.5 Å². The van der Waals surface area contributed by atoms with Crippen LogP contribution in [0.15, 0.2) is 64.4 Å². The van der Waals surface area contributed by atoms with Gasteiger partial charge in [0, 0.05) is 34.2 Å². The first-order chi connectivity index (χ1) is 10.6. The predicted molar refractivity (Wildman–Crippen MR) is 82.1 cm³/mol. The van der Waals surface area contributed by atoms with Gasteiger partial charge in [0.15, 0.2) is 5.78 Å². The van der Waals surface area contributed by atoms with E-state index in [1.807, 2.05) is 0 Å². The third-order valence-electron chi connectivity index (χ3n) is 3.18. The number of Topliss-reactive ketones (excluding diaryl/α,β-unsaturated/α-hetero) is 1. The highest BCUT2D eigenvalue weighted by molar-refractivity contribution is 8.04. The van der Waals surface area contributed by atoms with Crippen LogP contribution >= 0.6 is 11.8 Å². The van der Waals surface area contributed by atoms with Gasteiger partial charge in [0.25, 0.3) is 5.69 Å². The van der Waals surface area contributed by atoms with Crippen molar-refractivity contribution < 1.29 is 14.5 Å². The van der Waals surface area contributed by atoms with Crippen molar-refractivity contribution in [1.29, 1.82) is 0 Å². The minimum absolute atomic E-state index is 0.0550. The third kappa shape index (κ3) is 2.56. The lowest BCUT2D eigenvalue weighted by atomic mass is 9.95. The van der Waals surface area contributed by atoms with Crippen LogP contribution < -0.4 is 0 Å². The quantitative estimate of drug-likeness (QED) is 0.638. The fourth-order valence-corrected chi connectivity index (χ4v) is 3.10. The Kier molecular flexibility index (Phi) is 3.60. The summed E-state index contributed by atoms with van der Waals surface area (Å²) < 4.78 is 0. The van der Waals surface area contributed by atoms with E-state index in [9.17, 15) is 19.7 Å². The molecule has 108 valence electrons. The molecule has 22 heavy (non-hydrogen) atoms. The molecule has 0 aromatic heterocycles. The molecule has 0 unspecified atom stereocenters. The first-order valence-electron chi connectivity index (χ1n) is 6.38. The zero-order valence-corrected chi connectivity index (χ0v) is 12.0. The second-order valence-electron chi connectivity index (χ2n) is 4.60. The maximum absolute atomic E-state index is 12.4. The van der Waals surface area contributed by atoms with Gasteiger partial charge in [-0.2, -0.15) is 0 Å². The van der Waals surface area contributed by atoms with Crippen molar-refractivity contribution in [2.24, 2.45) is 0 Å². The monoisotopic (exact) mass is 311 g/mol. The summed E-state index contributed by atoms with van der Waals surface area (Å²) in [5.74, 6) is -0.477. The van der Waals surface area contributed by atoms with Crippen LogP contribution in [-0.2, 0) is 0 Å². The van der Waals surface area contributed by atoms with Crippen molar-refractivity contribution >= 4 is 29.0 Å². The Labute approximate surface area is 129 Å². The first kappa shape index (κ1) is 14.2. The molecule has 1 aliphatic rings. The number of nitrogens with zero attached hydrogens (tertiary/aromatic N) is 1. The summed E-state index contributed by atoms with van der Waals surface area (Å²) in [4.78, 5) is 35.6. The number of benzene rings is 2. The molecule has 6 heteroatoms. The minimum atomic E-state index is -0.498. The number of carbonyl (C=O) groups is 2. The Bertz CT molecular complexity index is 842. The molecule has 0 fully saturated rings. The van der Waals surface area contributed by atoms with Crippen LogP contribution in [0.4, 0.5) is 5.69 Å². The second kappa shape index (κ2) is 5.57. The number of hydrogen-bond acceptors (Lipinski definition) is 5. The standard InChI is InChI=1S/C16H9NO4S/c18-14-9-15(16(19)13-7-2-1-6-12(13)14)22-11-5-3-4-10(8-11)17(20)21/h1-9H. The van der Waals surface area contributed by atoms with Gasteiger partial charge in [-0.3, -0.25) is 19.7 Å². The number of hydrogen-bond donors (Lipinski definition) is 0. The summed E-state index contributed by atoms with van der Waals surface area (Å²) in [7, 11) is 0. The SMILES string of the molecule is O=C1C=C(Sc2cccc([N+](=O)[O-])c2)C(=O)c2ccccc21. The summed E-state index contributed by atoms with van der Waals surface area (Å²) in [6, 6.07) is 12.6. The highest BCUT2D eigenvalue weighted by Crippen LogP contribution is 2.34. The van der Waals surface area contributed by atoms with E-state index in [0.717, 1.165) is 11.8 Å². The first-order valence-corrected chi connectivity index (χ1v) is 7.20. The summed E-state index contributed by atoms with van der Waals surface area (Å²) in [6.45, 7) is 0. The number of rotatable bonds is 3. The zero-order valence-electron chi connectivity index (χ0n) is 11.2. The molecule has 2 aromatic carbocycles. The van der Waals surface area contributed by atoms with Crippen LogP contribution in [0.25, 0.3) is 0 Å². The normalized spacial score (nSPS) is 13.5. The zero-order chi connectivity index (χ0) is 15.7. The fraction of sp³-hybridized carbons (Fsp3) is 0. The lowest BCUT2D eigenvalue weighted by Gasteiger charge is -2.14. The van der Waals surface area contributed by atoms with E-state index < -0.39 is 4.92 Å². The van der Waals surface area contributed by atoms with E-state index in [1.54, 1.807) is 36.4 Å². The van der Waals surface area contributed by atoms with Crippen molar-refractivity contribution in [3.05, 3.63) is 80.8 Å². The second-order valence-corrected chi connectivity index (χ2v) is 5.72. The van der Waals surface area contributed by atoms with Gasteiger partial charge in [-0.05, 0) is 6.07 Å². The van der Waals surface area contributed by atoms with Crippen molar-refractivity contribution in [1.82, 2.24) is 0 Å². The van der Waals surface area contributed by atoms with E-state index in [2.05, 4.69) is 0 Å². The van der Waals surface area contributed by atoms with Crippen LogP contribution in [0.2, 0.25) is 0 Å². The number of ketones is 2. The molecule has 0 spiro atoms. The number of non-ortho nitro benzene ring substituents is 1. The van der Waals surface area contributed by atoms with E-state index in [4.69, 9.17) is 0 Å².